The molecule has 8 heteroatoms. The molecule has 0 bridgehead atoms. The zero-order valence-electron chi connectivity index (χ0n) is 55.1. The van der Waals surface area contributed by atoms with Gasteiger partial charge in [-0.15, -0.1) is 0 Å². The quantitative estimate of drug-likeness (QED) is 0.145. The van der Waals surface area contributed by atoms with Crippen LogP contribution in [0.25, 0.3) is 198 Å². The zero-order chi connectivity index (χ0) is 66.7. The molecule has 0 N–H and O–H groups in total. The van der Waals surface area contributed by atoms with Gasteiger partial charge in [0.15, 0.2) is 0 Å². The number of nitrogens with zero attached hydrogens (tertiary/aromatic N) is 8. The van der Waals surface area contributed by atoms with Crippen molar-refractivity contribution in [3.8, 4) is 67.5 Å². The van der Waals surface area contributed by atoms with E-state index >= 15 is 0 Å². The molecule has 0 unspecified atom stereocenters. The first-order valence-electron chi connectivity index (χ1n) is 34.8. The number of para-hydroxylation sites is 8. The summed E-state index contributed by atoms with van der Waals surface area (Å²) in [6.07, 6.45) is 7.88. The number of hydrogen-bond donors (Lipinski definition) is 0. The minimum Gasteiger partial charge on any atom is -0.309 e. The van der Waals surface area contributed by atoms with Gasteiger partial charge in [-0.1, -0.05) is 170 Å². The lowest BCUT2D eigenvalue weighted by molar-refractivity contribution is 1.16. The van der Waals surface area contributed by atoms with Crippen LogP contribution < -0.4 is 0 Å². The molecular formula is C94H58N8. The molecule has 0 spiro atoms. The standard InChI is InChI=1S/C94H58N8/c1-9-31-83-71(23-1)72-24-2-10-32-84(72)99(83)67-39-43-91-79(51-67)80-52-68(100-85-33-11-3-25-73(85)74-26-4-12-34-86(74)100)40-44-92(80)97(91)65-21-17-19-59(49-65)61-47-63(57-95-55-61)64-48-62(56-96-58-64)60-20-18-22-66(50-60)98-93-45-41-69(101-87-35-13-5-27-75(87)76-28-6-14-36-88(76)101)53-81(93)82-54-70(42-46-94(82)98)102-89-37-15-7-29-77(89)78-30-8-16-38-90(78)102/h1-58H. The van der Waals surface area contributed by atoms with Crippen molar-refractivity contribution in [3.05, 3.63) is 352 Å². The molecule has 8 heterocycles. The highest BCUT2D eigenvalue weighted by molar-refractivity contribution is 6.17. The maximum absolute atomic E-state index is 4.95. The fraction of sp³-hybridized carbons (Fsp3) is 0. The average Bonchev–Trinajstić information content (AvgIpc) is 1.57. The van der Waals surface area contributed by atoms with Gasteiger partial charge in [0.1, 0.15) is 0 Å². The molecule has 0 atom stereocenters. The number of pyridine rings is 2. The van der Waals surface area contributed by atoms with Crippen LogP contribution in [0.3, 0.4) is 0 Å². The minimum atomic E-state index is 0.982. The third-order valence-corrected chi connectivity index (χ3v) is 21.5. The molecule has 8 nitrogen and oxygen atoms in total. The van der Waals surface area contributed by atoms with Crippen molar-refractivity contribution in [2.45, 2.75) is 0 Å². The van der Waals surface area contributed by atoms with E-state index in [1.165, 1.54) is 109 Å². The van der Waals surface area contributed by atoms with E-state index in [9.17, 15) is 0 Å². The van der Waals surface area contributed by atoms with Gasteiger partial charge in [0.2, 0.25) is 0 Å². The van der Waals surface area contributed by atoms with Gasteiger partial charge >= 0.3 is 0 Å². The molecule has 474 valence electrons. The van der Waals surface area contributed by atoms with Crippen molar-refractivity contribution < 1.29 is 0 Å². The molecule has 22 aromatic rings. The van der Waals surface area contributed by atoms with E-state index in [2.05, 4.69) is 355 Å². The molecule has 0 aliphatic carbocycles. The third-order valence-electron chi connectivity index (χ3n) is 21.5. The van der Waals surface area contributed by atoms with Gasteiger partial charge in [0.25, 0.3) is 0 Å². The normalized spacial score (nSPS) is 12.1. The van der Waals surface area contributed by atoms with Gasteiger partial charge in [-0.3, -0.25) is 9.97 Å². The van der Waals surface area contributed by atoms with Crippen LogP contribution >= 0.6 is 0 Å². The first kappa shape index (κ1) is 56.2. The summed E-state index contributed by atoms with van der Waals surface area (Å²) in [4.78, 5) is 9.90. The first-order valence-corrected chi connectivity index (χ1v) is 34.8. The number of fused-ring (bicyclic) bond motifs is 18. The van der Waals surface area contributed by atoms with Gasteiger partial charge in [-0.25, -0.2) is 0 Å². The third kappa shape index (κ3) is 8.32. The Morgan fingerprint density at radius 2 is 0.333 bits per heavy atom. The summed E-state index contributed by atoms with van der Waals surface area (Å²) in [5.74, 6) is 0. The Morgan fingerprint density at radius 1 is 0.137 bits per heavy atom. The summed E-state index contributed by atoms with van der Waals surface area (Å²) < 4.78 is 14.6. The summed E-state index contributed by atoms with van der Waals surface area (Å²) in [5, 5.41) is 14.6. The average molecular weight is 1300 g/mol. The number of aromatic nitrogens is 8. The lowest BCUT2D eigenvalue weighted by Gasteiger charge is -2.13. The Hall–Kier alpha value is -13.8. The van der Waals surface area contributed by atoms with Crippen LogP contribution in [0.1, 0.15) is 0 Å². The molecule has 0 saturated carbocycles. The Balaban J connectivity index is 0.651. The molecule has 8 aromatic heterocycles. The smallest absolute Gasteiger partial charge is 0.0542 e. The Labute approximate surface area is 584 Å². The van der Waals surface area contributed by atoms with Crippen LogP contribution in [0.4, 0.5) is 0 Å². The predicted molar refractivity (Wildman–Crippen MR) is 424 cm³/mol. The monoisotopic (exact) mass is 1300 g/mol. The fourth-order valence-electron chi connectivity index (χ4n) is 17.1. The van der Waals surface area contributed by atoms with Gasteiger partial charge in [-0.05, 0) is 169 Å². The maximum Gasteiger partial charge on any atom is 0.0542 e. The SMILES string of the molecule is c1cc(-c2cncc(-c3cncc(-c4cccc(-n5c6ccc(-n7c8ccccc8c8ccccc87)cc6c6cc(-n7c8ccccc8c8ccccc87)ccc65)c4)c3)c2)cc(-n2c3ccc(-n4c5ccccc5c5ccccc54)cc3c3cc(-n4c5ccccc5c5ccccc54)ccc32)c1. The summed E-state index contributed by atoms with van der Waals surface area (Å²) in [6.45, 7) is 0. The number of hydrogen-bond acceptors (Lipinski definition) is 2. The molecule has 0 saturated heterocycles. The lowest BCUT2D eigenvalue weighted by atomic mass is 10.00. The van der Waals surface area contributed by atoms with Crippen LogP contribution in [0.5, 0.6) is 0 Å². The zero-order valence-corrected chi connectivity index (χ0v) is 55.1. The van der Waals surface area contributed by atoms with Crippen LogP contribution in [0, 0.1) is 0 Å². The first-order chi connectivity index (χ1) is 50.6. The van der Waals surface area contributed by atoms with Gasteiger partial charge in [0, 0.05) is 146 Å². The molecular weight excluding hydrogens is 1240 g/mol. The topological polar surface area (TPSA) is 55.4 Å². The second-order valence-corrected chi connectivity index (χ2v) is 27.0. The van der Waals surface area contributed by atoms with E-state index in [0.29, 0.717) is 0 Å². The van der Waals surface area contributed by atoms with Crippen LogP contribution in [0.15, 0.2) is 352 Å². The summed E-state index contributed by atoms with van der Waals surface area (Å²) >= 11 is 0. The fourth-order valence-corrected chi connectivity index (χ4v) is 17.1. The highest BCUT2D eigenvalue weighted by Gasteiger charge is 2.23. The largest absolute Gasteiger partial charge is 0.309 e. The Bertz CT molecular complexity index is 6300. The molecule has 102 heavy (non-hydrogen) atoms. The van der Waals surface area contributed by atoms with Crippen LogP contribution in [-0.4, -0.2) is 37.4 Å². The van der Waals surface area contributed by atoms with Crippen molar-refractivity contribution >= 4 is 131 Å². The highest BCUT2D eigenvalue weighted by atomic mass is 15.0. The molecule has 0 fully saturated rings. The van der Waals surface area contributed by atoms with Crippen molar-refractivity contribution in [3.63, 3.8) is 0 Å². The van der Waals surface area contributed by atoms with E-state index in [1.54, 1.807) is 0 Å². The Morgan fingerprint density at radius 3 is 0.569 bits per heavy atom. The summed E-state index contributed by atoms with van der Waals surface area (Å²) in [6, 6.07) is 120. The molecule has 0 radical (unpaired) electrons. The predicted octanol–water partition coefficient (Wildman–Crippen LogP) is 24.1. The molecule has 0 amide bonds. The summed E-state index contributed by atoms with van der Waals surface area (Å²) in [7, 11) is 0. The van der Waals surface area contributed by atoms with Crippen LogP contribution in [-0.2, 0) is 0 Å². The van der Waals surface area contributed by atoms with E-state index in [1.807, 2.05) is 24.8 Å². The van der Waals surface area contributed by atoms with Crippen molar-refractivity contribution in [1.82, 2.24) is 37.4 Å². The summed E-state index contributed by atoms with van der Waals surface area (Å²) in [5.41, 5.74) is 26.6. The molecule has 0 aliphatic rings. The highest BCUT2D eigenvalue weighted by Crippen LogP contribution is 2.44. The van der Waals surface area contributed by atoms with Gasteiger partial charge < -0.3 is 27.4 Å². The van der Waals surface area contributed by atoms with Gasteiger partial charge in [-0.2, -0.15) is 0 Å². The lowest BCUT2D eigenvalue weighted by Crippen LogP contribution is -1.97. The van der Waals surface area contributed by atoms with E-state index in [-0.39, 0.29) is 0 Å². The number of benzene rings is 14. The van der Waals surface area contributed by atoms with E-state index in [4.69, 9.17) is 9.97 Å². The Kier molecular flexibility index (Phi) is 12.0. The van der Waals surface area contributed by atoms with Crippen molar-refractivity contribution in [1.29, 1.82) is 0 Å². The van der Waals surface area contributed by atoms with E-state index < -0.39 is 0 Å². The molecule has 22 rings (SSSR count). The molecule has 0 aliphatic heterocycles. The second kappa shape index (κ2) is 21.8. The van der Waals surface area contributed by atoms with Crippen molar-refractivity contribution in [2.24, 2.45) is 0 Å². The second-order valence-electron chi connectivity index (χ2n) is 27.0. The van der Waals surface area contributed by atoms with Crippen LogP contribution in [0.2, 0.25) is 0 Å². The maximum atomic E-state index is 4.95. The van der Waals surface area contributed by atoms with Gasteiger partial charge in [0.05, 0.1) is 66.2 Å². The van der Waals surface area contributed by atoms with Crippen molar-refractivity contribution in [2.75, 3.05) is 0 Å². The molecule has 14 aromatic carbocycles. The number of rotatable bonds is 9. The minimum absolute atomic E-state index is 0.982. The van der Waals surface area contributed by atoms with E-state index in [0.717, 1.165) is 89.6 Å².